The van der Waals surface area contributed by atoms with E-state index in [1.165, 1.54) is 18.4 Å². The molecular weight excluding hydrogens is 312 g/mol. The molecule has 1 aliphatic carbocycles. The SMILES string of the molecule is CC(NC(=O)c1ccc(Cl)cc1)C(=O)NCCC1=CCCCC1. The summed E-state index contributed by atoms with van der Waals surface area (Å²) in [4.78, 5) is 24.1. The fourth-order valence-electron chi connectivity index (χ4n) is 2.58. The first kappa shape index (κ1) is 17.5. The smallest absolute Gasteiger partial charge is 0.251 e. The Morgan fingerprint density at radius 2 is 1.96 bits per heavy atom. The number of amides is 2. The van der Waals surface area contributed by atoms with Gasteiger partial charge in [0, 0.05) is 17.1 Å². The maximum atomic E-state index is 12.0. The number of hydrogen-bond donors (Lipinski definition) is 2. The molecule has 4 nitrogen and oxygen atoms in total. The maximum absolute atomic E-state index is 12.0. The lowest BCUT2D eigenvalue weighted by atomic mass is 9.97. The predicted molar refractivity (Wildman–Crippen MR) is 92.6 cm³/mol. The van der Waals surface area contributed by atoms with Crippen LogP contribution in [0.25, 0.3) is 0 Å². The van der Waals surface area contributed by atoms with E-state index in [1.807, 2.05) is 0 Å². The molecule has 1 aromatic rings. The summed E-state index contributed by atoms with van der Waals surface area (Å²) in [7, 11) is 0. The van der Waals surface area contributed by atoms with Gasteiger partial charge in [-0.3, -0.25) is 9.59 Å². The Balaban J connectivity index is 1.74. The molecule has 0 bridgehead atoms. The van der Waals surface area contributed by atoms with E-state index in [0.717, 1.165) is 19.3 Å². The molecule has 2 N–H and O–H groups in total. The monoisotopic (exact) mass is 334 g/mol. The minimum Gasteiger partial charge on any atom is -0.354 e. The van der Waals surface area contributed by atoms with Crippen molar-refractivity contribution in [2.24, 2.45) is 0 Å². The lowest BCUT2D eigenvalue weighted by Crippen LogP contribution is -2.45. The molecule has 23 heavy (non-hydrogen) atoms. The number of benzene rings is 1. The molecule has 0 radical (unpaired) electrons. The third-order valence-corrected chi connectivity index (χ3v) is 4.23. The van der Waals surface area contributed by atoms with E-state index in [9.17, 15) is 9.59 Å². The molecule has 0 saturated heterocycles. The van der Waals surface area contributed by atoms with E-state index >= 15 is 0 Å². The van der Waals surface area contributed by atoms with E-state index in [2.05, 4.69) is 16.7 Å². The second-order valence-electron chi connectivity index (χ2n) is 5.85. The molecule has 1 aromatic carbocycles. The van der Waals surface area contributed by atoms with E-state index in [4.69, 9.17) is 11.6 Å². The van der Waals surface area contributed by atoms with Crippen LogP contribution in [0.1, 0.15) is 49.4 Å². The van der Waals surface area contributed by atoms with Crippen LogP contribution in [0.5, 0.6) is 0 Å². The molecule has 5 heteroatoms. The number of halogens is 1. The van der Waals surface area contributed by atoms with Crippen LogP contribution in [-0.4, -0.2) is 24.4 Å². The quantitative estimate of drug-likeness (QED) is 0.783. The third-order valence-electron chi connectivity index (χ3n) is 3.98. The fraction of sp³-hybridized carbons (Fsp3) is 0.444. The zero-order valence-electron chi connectivity index (χ0n) is 13.4. The standard InChI is InChI=1S/C18H23ClN2O2/c1-13(21-18(23)15-7-9-16(19)10-8-15)17(22)20-12-11-14-5-3-2-4-6-14/h5,7-10,13H,2-4,6,11-12H2,1H3,(H,20,22)(H,21,23). The molecule has 124 valence electrons. The molecule has 2 rings (SSSR count). The van der Waals surface area contributed by atoms with Crippen molar-refractivity contribution in [3.05, 3.63) is 46.5 Å². The highest BCUT2D eigenvalue weighted by atomic mass is 35.5. The molecule has 0 aliphatic heterocycles. The van der Waals surface area contributed by atoms with Crippen LogP contribution < -0.4 is 10.6 Å². The molecule has 1 atom stereocenters. The molecule has 0 saturated carbocycles. The topological polar surface area (TPSA) is 58.2 Å². The van der Waals surface area contributed by atoms with Crippen LogP contribution in [0.3, 0.4) is 0 Å². The Bertz CT molecular complexity index is 581. The van der Waals surface area contributed by atoms with Crippen molar-refractivity contribution in [2.45, 2.75) is 45.1 Å². The van der Waals surface area contributed by atoms with Gasteiger partial charge in [-0.05, 0) is 63.3 Å². The Hall–Kier alpha value is -1.81. The largest absolute Gasteiger partial charge is 0.354 e. The molecule has 0 heterocycles. The fourth-order valence-corrected chi connectivity index (χ4v) is 2.70. The molecular formula is C18H23ClN2O2. The highest BCUT2D eigenvalue weighted by Gasteiger charge is 2.16. The van der Waals surface area contributed by atoms with Crippen LogP contribution in [0, 0.1) is 0 Å². The number of hydrogen-bond acceptors (Lipinski definition) is 2. The maximum Gasteiger partial charge on any atom is 0.251 e. The Kier molecular flexibility index (Phi) is 6.66. The minimum atomic E-state index is -0.571. The highest BCUT2D eigenvalue weighted by Crippen LogP contribution is 2.19. The Labute approximate surface area is 142 Å². The Morgan fingerprint density at radius 3 is 2.61 bits per heavy atom. The molecule has 0 spiro atoms. The minimum absolute atomic E-state index is 0.163. The highest BCUT2D eigenvalue weighted by molar-refractivity contribution is 6.30. The first-order valence-corrected chi connectivity index (χ1v) is 8.46. The van der Waals surface area contributed by atoms with E-state index in [0.29, 0.717) is 17.1 Å². The summed E-state index contributed by atoms with van der Waals surface area (Å²) < 4.78 is 0. The summed E-state index contributed by atoms with van der Waals surface area (Å²) in [5, 5.41) is 6.15. The summed E-state index contributed by atoms with van der Waals surface area (Å²) in [5.41, 5.74) is 1.91. The lowest BCUT2D eigenvalue weighted by Gasteiger charge is -2.16. The predicted octanol–water partition coefficient (Wildman–Crippen LogP) is 3.47. The van der Waals surface area contributed by atoms with Gasteiger partial charge in [0.2, 0.25) is 5.91 Å². The van der Waals surface area contributed by atoms with Crippen LogP contribution >= 0.6 is 11.6 Å². The van der Waals surface area contributed by atoms with Crippen molar-refractivity contribution in [2.75, 3.05) is 6.54 Å². The molecule has 0 fully saturated rings. The van der Waals surface area contributed by atoms with Gasteiger partial charge >= 0.3 is 0 Å². The van der Waals surface area contributed by atoms with E-state index < -0.39 is 6.04 Å². The van der Waals surface area contributed by atoms with Gasteiger partial charge in [-0.1, -0.05) is 23.3 Å². The molecule has 0 aromatic heterocycles. The van der Waals surface area contributed by atoms with Gasteiger partial charge in [-0.2, -0.15) is 0 Å². The zero-order valence-corrected chi connectivity index (χ0v) is 14.2. The van der Waals surface area contributed by atoms with Crippen LogP contribution in [0.4, 0.5) is 0 Å². The van der Waals surface area contributed by atoms with Gasteiger partial charge in [0.15, 0.2) is 0 Å². The summed E-state index contributed by atoms with van der Waals surface area (Å²) in [6.45, 7) is 2.30. The number of nitrogens with one attached hydrogen (secondary N) is 2. The van der Waals surface area contributed by atoms with Gasteiger partial charge < -0.3 is 10.6 Å². The average Bonchev–Trinajstić information content (AvgIpc) is 2.56. The van der Waals surface area contributed by atoms with Crippen molar-refractivity contribution < 1.29 is 9.59 Å². The third kappa shape index (κ3) is 5.71. The number of carbonyl (C=O) groups excluding carboxylic acids is 2. The van der Waals surface area contributed by atoms with E-state index in [1.54, 1.807) is 31.2 Å². The summed E-state index contributed by atoms with van der Waals surface area (Å²) in [6, 6.07) is 6.01. The number of rotatable bonds is 6. The van der Waals surface area contributed by atoms with Crippen LogP contribution in [0.15, 0.2) is 35.9 Å². The van der Waals surface area contributed by atoms with Gasteiger partial charge in [0.25, 0.3) is 5.91 Å². The number of allylic oxidation sites excluding steroid dienone is 1. The molecule has 1 unspecified atom stereocenters. The summed E-state index contributed by atoms with van der Waals surface area (Å²) in [5.74, 6) is -0.442. The second-order valence-corrected chi connectivity index (χ2v) is 6.29. The summed E-state index contributed by atoms with van der Waals surface area (Å²) >= 11 is 5.79. The first-order chi connectivity index (χ1) is 11.1. The van der Waals surface area contributed by atoms with Crippen LogP contribution in [-0.2, 0) is 4.79 Å². The van der Waals surface area contributed by atoms with E-state index in [-0.39, 0.29) is 11.8 Å². The van der Waals surface area contributed by atoms with Gasteiger partial charge in [-0.25, -0.2) is 0 Å². The van der Waals surface area contributed by atoms with Crippen molar-refractivity contribution in [3.63, 3.8) is 0 Å². The van der Waals surface area contributed by atoms with Crippen LogP contribution in [0.2, 0.25) is 5.02 Å². The zero-order chi connectivity index (χ0) is 16.7. The second kappa shape index (κ2) is 8.73. The normalized spacial score (nSPS) is 15.5. The van der Waals surface area contributed by atoms with Gasteiger partial charge in [-0.15, -0.1) is 0 Å². The van der Waals surface area contributed by atoms with Gasteiger partial charge in [0.1, 0.15) is 6.04 Å². The first-order valence-electron chi connectivity index (χ1n) is 8.08. The van der Waals surface area contributed by atoms with Crippen molar-refractivity contribution in [1.29, 1.82) is 0 Å². The Morgan fingerprint density at radius 1 is 1.22 bits per heavy atom. The van der Waals surface area contributed by atoms with Crippen molar-refractivity contribution in [1.82, 2.24) is 10.6 Å². The number of carbonyl (C=O) groups is 2. The van der Waals surface area contributed by atoms with Crippen molar-refractivity contribution in [3.8, 4) is 0 Å². The molecule has 1 aliphatic rings. The lowest BCUT2D eigenvalue weighted by molar-refractivity contribution is -0.122. The molecule has 2 amide bonds. The van der Waals surface area contributed by atoms with Crippen molar-refractivity contribution >= 4 is 23.4 Å². The average molecular weight is 335 g/mol. The summed E-state index contributed by atoms with van der Waals surface area (Å²) in [6.07, 6.45) is 7.97. The van der Waals surface area contributed by atoms with Gasteiger partial charge in [0.05, 0.1) is 0 Å².